The fraction of sp³-hybridized carbons (Fsp3) is 0.368. The highest BCUT2D eigenvalue weighted by molar-refractivity contribution is 5.97. The number of halogens is 4. The molecule has 1 amide bonds. The highest BCUT2D eigenvalue weighted by atomic mass is 19.3. The number of carbonyl (C=O) groups excluding carboxylic acids is 1. The Kier molecular flexibility index (Phi) is 5.08. The van der Waals surface area contributed by atoms with Crippen LogP contribution in [0.3, 0.4) is 0 Å². The molecule has 0 aliphatic heterocycles. The SMILES string of the molecule is C=C(c1cccc(F)c1)C(C)N(C(=O)c1c(C(F)F)nn(C)c1F)C1CC1. The molecular weight excluding hydrogens is 362 g/mol. The molecule has 27 heavy (non-hydrogen) atoms. The van der Waals surface area contributed by atoms with E-state index in [1.165, 1.54) is 23.1 Å². The van der Waals surface area contributed by atoms with Gasteiger partial charge in [-0.25, -0.2) is 17.9 Å². The van der Waals surface area contributed by atoms with E-state index in [0.29, 0.717) is 28.7 Å². The average Bonchev–Trinajstić information content (AvgIpc) is 3.40. The number of aromatic nitrogens is 2. The summed E-state index contributed by atoms with van der Waals surface area (Å²) < 4.78 is 55.0. The van der Waals surface area contributed by atoms with Crippen molar-refractivity contribution in [1.29, 1.82) is 0 Å². The van der Waals surface area contributed by atoms with Crippen LogP contribution in [0, 0.1) is 11.8 Å². The normalized spacial score (nSPS) is 15.1. The minimum absolute atomic E-state index is 0.206. The molecule has 0 bridgehead atoms. The van der Waals surface area contributed by atoms with Gasteiger partial charge in [0.1, 0.15) is 17.1 Å². The second-order valence-electron chi connectivity index (χ2n) is 6.63. The Morgan fingerprint density at radius 3 is 2.56 bits per heavy atom. The van der Waals surface area contributed by atoms with E-state index in [1.807, 2.05) is 0 Å². The van der Waals surface area contributed by atoms with Crippen LogP contribution >= 0.6 is 0 Å². The molecule has 1 fully saturated rings. The van der Waals surface area contributed by atoms with Crippen molar-refractivity contribution >= 4 is 11.5 Å². The summed E-state index contributed by atoms with van der Waals surface area (Å²) in [4.78, 5) is 14.4. The molecule has 8 heteroatoms. The Hall–Kier alpha value is -2.64. The van der Waals surface area contributed by atoms with Crippen molar-refractivity contribution in [2.75, 3.05) is 0 Å². The van der Waals surface area contributed by atoms with Crippen LogP contribution in [0.2, 0.25) is 0 Å². The van der Waals surface area contributed by atoms with Crippen molar-refractivity contribution in [3.63, 3.8) is 0 Å². The average molecular weight is 381 g/mol. The van der Waals surface area contributed by atoms with Gasteiger partial charge in [-0.2, -0.15) is 9.49 Å². The maximum absolute atomic E-state index is 14.4. The highest BCUT2D eigenvalue weighted by Crippen LogP contribution is 2.36. The molecule has 0 spiro atoms. The summed E-state index contributed by atoms with van der Waals surface area (Å²) in [5, 5.41) is 3.44. The van der Waals surface area contributed by atoms with E-state index in [1.54, 1.807) is 13.0 Å². The van der Waals surface area contributed by atoms with Crippen molar-refractivity contribution < 1.29 is 22.4 Å². The minimum Gasteiger partial charge on any atom is -0.329 e. The molecule has 0 N–H and O–H groups in total. The molecule has 1 unspecified atom stereocenters. The fourth-order valence-electron chi connectivity index (χ4n) is 3.11. The summed E-state index contributed by atoms with van der Waals surface area (Å²) >= 11 is 0. The molecule has 1 aromatic carbocycles. The lowest BCUT2D eigenvalue weighted by molar-refractivity contribution is 0.0698. The number of aryl methyl sites for hydroxylation is 1. The number of benzene rings is 1. The summed E-state index contributed by atoms with van der Waals surface area (Å²) in [6.45, 7) is 5.60. The van der Waals surface area contributed by atoms with Gasteiger partial charge < -0.3 is 4.90 Å². The maximum atomic E-state index is 14.4. The number of carbonyl (C=O) groups is 1. The van der Waals surface area contributed by atoms with Gasteiger partial charge in [0.25, 0.3) is 12.3 Å². The van der Waals surface area contributed by atoms with Crippen molar-refractivity contribution in [3.8, 4) is 0 Å². The maximum Gasteiger partial charge on any atom is 0.283 e. The molecule has 1 saturated carbocycles. The lowest BCUT2D eigenvalue weighted by Gasteiger charge is -2.31. The van der Waals surface area contributed by atoms with E-state index in [0.717, 1.165) is 7.05 Å². The monoisotopic (exact) mass is 381 g/mol. The Labute approximate surface area is 154 Å². The number of hydrogen-bond donors (Lipinski definition) is 0. The molecule has 3 rings (SSSR count). The van der Waals surface area contributed by atoms with Crippen molar-refractivity contribution in [2.24, 2.45) is 7.05 Å². The van der Waals surface area contributed by atoms with E-state index in [-0.39, 0.29) is 6.04 Å². The van der Waals surface area contributed by atoms with Gasteiger partial charge in [-0.3, -0.25) is 4.79 Å². The lowest BCUT2D eigenvalue weighted by atomic mass is 9.99. The van der Waals surface area contributed by atoms with Crippen molar-refractivity contribution in [1.82, 2.24) is 14.7 Å². The number of nitrogens with zero attached hydrogens (tertiary/aromatic N) is 3. The standard InChI is InChI=1S/C19H19F4N3O/c1-10(12-5-4-6-13(20)9-12)11(2)26(14-7-8-14)19(27)15-16(17(21)22)24-25(3)18(15)23/h4-6,9,11,14,17H,1,7-8H2,2-3H3. The number of rotatable bonds is 6. The molecular formula is C19H19F4N3O. The van der Waals surface area contributed by atoms with Gasteiger partial charge in [0.15, 0.2) is 0 Å². The van der Waals surface area contributed by atoms with E-state index in [2.05, 4.69) is 11.7 Å². The van der Waals surface area contributed by atoms with E-state index in [9.17, 15) is 22.4 Å². The molecule has 1 aromatic heterocycles. The minimum atomic E-state index is -3.08. The topological polar surface area (TPSA) is 38.1 Å². The summed E-state index contributed by atoms with van der Waals surface area (Å²) in [5.74, 6) is -2.42. The third kappa shape index (κ3) is 3.61. The molecule has 0 saturated heterocycles. The largest absolute Gasteiger partial charge is 0.329 e. The lowest BCUT2D eigenvalue weighted by Crippen LogP contribution is -2.41. The van der Waals surface area contributed by atoms with Gasteiger partial charge in [0.05, 0.1) is 6.04 Å². The third-order valence-electron chi connectivity index (χ3n) is 4.72. The molecule has 2 aromatic rings. The van der Waals surface area contributed by atoms with Crippen LogP contribution in [0.5, 0.6) is 0 Å². The molecule has 1 atom stereocenters. The zero-order valence-corrected chi connectivity index (χ0v) is 14.9. The Morgan fingerprint density at radius 1 is 1.33 bits per heavy atom. The van der Waals surface area contributed by atoms with E-state index in [4.69, 9.17) is 0 Å². The highest BCUT2D eigenvalue weighted by Gasteiger charge is 2.41. The summed E-state index contributed by atoms with van der Waals surface area (Å²) in [5.41, 5.74) is -0.674. The molecule has 1 aliphatic rings. The van der Waals surface area contributed by atoms with Crippen LogP contribution in [-0.4, -0.2) is 32.7 Å². The molecule has 0 radical (unpaired) electrons. The second-order valence-corrected chi connectivity index (χ2v) is 6.63. The zero-order chi connectivity index (χ0) is 19.9. The Morgan fingerprint density at radius 2 is 2.00 bits per heavy atom. The first kappa shape index (κ1) is 19.1. The number of alkyl halides is 2. The first-order valence-corrected chi connectivity index (χ1v) is 8.50. The summed E-state index contributed by atoms with van der Waals surface area (Å²) in [6, 6.07) is 4.89. The van der Waals surface area contributed by atoms with Crippen LogP contribution in [-0.2, 0) is 7.05 Å². The predicted octanol–water partition coefficient (Wildman–Crippen LogP) is 4.34. The first-order valence-electron chi connectivity index (χ1n) is 8.50. The predicted molar refractivity (Wildman–Crippen MR) is 92.2 cm³/mol. The molecule has 1 aliphatic carbocycles. The van der Waals surface area contributed by atoms with Crippen LogP contribution in [0.25, 0.3) is 5.57 Å². The quantitative estimate of drug-likeness (QED) is 0.698. The molecule has 4 nitrogen and oxygen atoms in total. The van der Waals surface area contributed by atoms with Gasteiger partial charge in [-0.15, -0.1) is 0 Å². The van der Waals surface area contributed by atoms with Gasteiger partial charge >= 0.3 is 0 Å². The fourth-order valence-corrected chi connectivity index (χ4v) is 3.11. The summed E-state index contributed by atoms with van der Waals surface area (Å²) in [6.07, 6.45) is -1.72. The smallest absolute Gasteiger partial charge is 0.283 e. The van der Waals surface area contributed by atoms with Crippen LogP contribution in [0.1, 0.15) is 47.8 Å². The van der Waals surface area contributed by atoms with E-state index >= 15 is 0 Å². The zero-order valence-electron chi connectivity index (χ0n) is 14.9. The van der Waals surface area contributed by atoms with E-state index < -0.39 is 41.4 Å². The van der Waals surface area contributed by atoms with Gasteiger partial charge in [0, 0.05) is 13.1 Å². The van der Waals surface area contributed by atoms with Gasteiger partial charge in [0.2, 0.25) is 5.95 Å². The first-order chi connectivity index (χ1) is 12.7. The third-order valence-corrected chi connectivity index (χ3v) is 4.72. The second kappa shape index (κ2) is 7.17. The van der Waals surface area contributed by atoms with Crippen molar-refractivity contribution in [2.45, 2.75) is 38.3 Å². The van der Waals surface area contributed by atoms with Crippen LogP contribution in [0.15, 0.2) is 30.8 Å². The van der Waals surface area contributed by atoms with Crippen LogP contribution < -0.4 is 0 Å². The van der Waals surface area contributed by atoms with Crippen molar-refractivity contribution in [3.05, 3.63) is 59.4 Å². The van der Waals surface area contributed by atoms with Crippen LogP contribution in [0.4, 0.5) is 17.6 Å². The molecule has 144 valence electrons. The van der Waals surface area contributed by atoms with Gasteiger partial charge in [-0.1, -0.05) is 18.7 Å². The Balaban J connectivity index is 1.97. The summed E-state index contributed by atoms with van der Waals surface area (Å²) in [7, 11) is 1.16. The van der Waals surface area contributed by atoms with Gasteiger partial charge in [-0.05, 0) is 43.0 Å². The molecule has 1 heterocycles. The number of amides is 1. The number of hydrogen-bond acceptors (Lipinski definition) is 2. The Bertz CT molecular complexity index is 889.